The summed E-state index contributed by atoms with van der Waals surface area (Å²) in [6, 6.07) is 14.6. The van der Waals surface area contributed by atoms with Crippen molar-refractivity contribution >= 4 is 11.4 Å². The van der Waals surface area contributed by atoms with Gasteiger partial charge in [-0.05, 0) is 49.7 Å². The third-order valence-electron chi connectivity index (χ3n) is 3.16. The fourth-order valence-electron chi connectivity index (χ4n) is 2.24. The molecule has 2 aromatic rings. The first-order chi connectivity index (χ1) is 9.13. The van der Waals surface area contributed by atoms with Crippen LogP contribution in [0.1, 0.15) is 25.5 Å². The highest BCUT2D eigenvalue weighted by atomic mass is 19.1. The molecule has 0 aliphatic heterocycles. The van der Waals surface area contributed by atoms with E-state index >= 15 is 0 Å². The lowest BCUT2D eigenvalue weighted by Crippen LogP contribution is -2.20. The van der Waals surface area contributed by atoms with Crippen molar-refractivity contribution < 1.29 is 4.39 Å². The Bertz CT molecular complexity index is 538. The minimum Gasteiger partial charge on any atom is -0.341 e. The summed E-state index contributed by atoms with van der Waals surface area (Å²) in [5.74, 6) is -0.250. The molecule has 0 aromatic heterocycles. The molecule has 2 nitrogen and oxygen atoms in total. The Morgan fingerprint density at radius 2 is 1.84 bits per heavy atom. The molecule has 100 valence electrons. The Kier molecular flexibility index (Phi) is 4.17. The van der Waals surface area contributed by atoms with E-state index in [1.807, 2.05) is 37.3 Å². The van der Waals surface area contributed by atoms with E-state index in [0.29, 0.717) is 0 Å². The SMILES string of the molecule is CCN(c1ccccc1)c1ccc(F)cc1C(C)N. The molecule has 0 amide bonds. The molecule has 0 saturated heterocycles. The molecule has 2 aromatic carbocycles. The van der Waals surface area contributed by atoms with Gasteiger partial charge in [0.05, 0.1) is 0 Å². The summed E-state index contributed by atoms with van der Waals surface area (Å²) < 4.78 is 13.4. The predicted molar refractivity (Wildman–Crippen MR) is 78.1 cm³/mol. The highest BCUT2D eigenvalue weighted by molar-refractivity contribution is 5.67. The van der Waals surface area contributed by atoms with Crippen LogP contribution in [0.5, 0.6) is 0 Å². The van der Waals surface area contributed by atoms with Gasteiger partial charge in [-0.15, -0.1) is 0 Å². The summed E-state index contributed by atoms with van der Waals surface area (Å²) in [6.45, 7) is 4.74. The zero-order valence-electron chi connectivity index (χ0n) is 11.3. The molecule has 1 atom stereocenters. The highest BCUT2D eigenvalue weighted by Crippen LogP contribution is 2.31. The molecule has 1 unspecified atom stereocenters. The zero-order valence-corrected chi connectivity index (χ0v) is 11.3. The van der Waals surface area contributed by atoms with Crippen LogP contribution in [0.2, 0.25) is 0 Å². The first-order valence-electron chi connectivity index (χ1n) is 6.51. The van der Waals surface area contributed by atoms with Gasteiger partial charge >= 0.3 is 0 Å². The lowest BCUT2D eigenvalue weighted by molar-refractivity contribution is 0.622. The third-order valence-corrected chi connectivity index (χ3v) is 3.16. The summed E-state index contributed by atoms with van der Waals surface area (Å²) in [5.41, 5.74) is 8.83. The quantitative estimate of drug-likeness (QED) is 0.898. The number of hydrogen-bond acceptors (Lipinski definition) is 2. The summed E-state index contributed by atoms with van der Waals surface area (Å²) >= 11 is 0. The van der Waals surface area contributed by atoms with E-state index < -0.39 is 0 Å². The van der Waals surface area contributed by atoms with Crippen molar-refractivity contribution in [1.29, 1.82) is 0 Å². The van der Waals surface area contributed by atoms with Crippen LogP contribution in [-0.4, -0.2) is 6.54 Å². The molecule has 0 fully saturated rings. The van der Waals surface area contributed by atoms with Crippen molar-refractivity contribution in [2.45, 2.75) is 19.9 Å². The minimum absolute atomic E-state index is 0.205. The number of rotatable bonds is 4. The highest BCUT2D eigenvalue weighted by Gasteiger charge is 2.14. The Balaban J connectivity index is 2.50. The van der Waals surface area contributed by atoms with Gasteiger partial charge in [-0.2, -0.15) is 0 Å². The Labute approximate surface area is 113 Å². The van der Waals surface area contributed by atoms with Crippen molar-refractivity contribution in [3.8, 4) is 0 Å². The number of para-hydroxylation sites is 1. The molecule has 0 radical (unpaired) electrons. The van der Waals surface area contributed by atoms with E-state index in [1.54, 1.807) is 6.07 Å². The molecule has 0 aliphatic rings. The van der Waals surface area contributed by atoms with Crippen LogP contribution in [0.25, 0.3) is 0 Å². The maximum Gasteiger partial charge on any atom is 0.123 e. The van der Waals surface area contributed by atoms with Gasteiger partial charge in [0.25, 0.3) is 0 Å². The van der Waals surface area contributed by atoms with Crippen molar-refractivity contribution in [2.75, 3.05) is 11.4 Å². The maximum absolute atomic E-state index is 13.4. The lowest BCUT2D eigenvalue weighted by atomic mass is 10.0. The lowest BCUT2D eigenvalue weighted by Gasteiger charge is -2.27. The average Bonchev–Trinajstić information content (AvgIpc) is 2.42. The number of halogens is 1. The predicted octanol–water partition coefficient (Wildman–Crippen LogP) is 4.00. The van der Waals surface area contributed by atoms with Gasteiger partial charge < -0.3 is 10.6 Å². The molecular weight excluding hydrogens is 239 g/mol. The molecule has 3 heteroatoms. The smallest absolute Gasteiger partial charge is 0.123 e. The molecule has 0 heterocycles. The summed E-state index contributed by atoms with van der Waals surface area (Å²) in [6.07, 6.45) is 0. The van der Waals surface area contributed by atoms with Crippen LogP contribution in [0.4, 0.5) is 15.8 Å². The normalized spacial score (nSPS) is 12.2. The van der Waals surface area contributed by atoms with Gasteiger partial charge in [0, 0.05) is 24.0 Å². The second-order valence-electron chi connectivity index (χ2n) is 4.57. The van der Waals surface area contributed by atoms with Crippen molar-refractivity contribution in [1.82, 2.24) is 0 Å². The number of nitrogens with zero attached hydrogens (tertiary/aromatic N) is 1. The second kappa shape index (κ2) is 5.85. The molecular formula is C16H19FN2. The first-order valence-corrected chi connectivity index (χ1v) is 6.51. The third kappa shape index (κ3) is 2.93. The van der Waals surface area contributed by atoms with Crippen molar-refractivity contribution in [3.05, 3.63) is 59.9 Å². The maximum atomic E-state index is 13.4. The Morgan fingerprint density at radius 1 is 1.16 bits per heavy atom. The van der Waals surface area contributed by atoms with E-state index in [-0.39, 0.29) is 11.9 Å². The van der Waals surface area contributed by atoms with Gasteiger partial charge in [0.15, 0.2) is 0 Å². The average molecular weight is 258 g/mol. The topological polar surface area (TPSA) is 29.3 Å². The standard InChI is InChI=1S/C16H19FN2/c1-3-19(14-7-5-4-6-8-14)16-10-9-13(17)11-15(16)12(2)18/h4-12H,3,18H2,1-2H3. The largest absolute Gasteiger partial charge is 0.341 e. The van der Waals surface area contributed by atoms with Crippen LogP contribution in [-0.2, 0) is 0 Å². The minimum atomic E-state index is -0.250. The van der Waals surface area contributed by atoms with Gasteiger partial charge in [-0.25, -0.2) is 4.39 Å². The van der Waals surface area contributed by atoms with Crippen LogP contribution < -0.4 is 10.6 Å². The molecule has 2 N–H and O–H groups in total. The fraction of sp³-hybridized carbons (Fsp3) is 0.250. The number of anilines is 2. The first kappa shape index (κ1) is 13.6. The summed E-state index contributed by atoms with van der Waals surface area (Å²) in [4.78, 5) is 2.14. The molecule has 0 saturated carbocycles. The Hall–Kier alpha value is -1.87. The molecule has 0 spiro atoms. The van der Waals surface area contributed by atoms with E-state index in [9.17, 15) is 4.39 Å². The molecule has 0 aliphatic carbocycles. The summed E-state index contributed by atoms with van der Waals surface area (Å²) in [5, 5.41) is 0. The zero-order chi connectivity index (χ0) is 13.8. The van der Waals surface area contributed by atoms with Gasteiger partial charge in [0.2, 0.25) is 0 Å². The van der Waals surface area contributed by atoms with E-state index in [1.165, 1.54) is 12.1 Å². The second-order valence-corrected chi connectivity index (χ2v) is 4.57. The number of hydrogen-bond donors (Lipinski definition) is 1. The fourth-order valence-corrected chi connectivity index (χ4v) is 2.24. The van der Waals surface area contributed by atoms with Crippen LogP contribution >= 0.6 is 0 Å². The molecule has 19 heavy (non-hydrogen) atoms. The summed E-state index contributed by atoms with van der Waals surface area (Å²) in [7, 11) is 0. The van der Waals surface area contributed by atoms with Gasteiger partial charge in [-0.3, -0.25) is 0 Å². The Morgan fingerprint density at radius 3 is 2.42 bits per heavy atom. The van der Waals surface area contributed by atoms with Crippen LogP contribution in [0.15, 0.2) is 48.5 Å². The van der Waals surface area contributed by atoms with Crippen molar-refractivity contribution in [3.63, 3.8) is 0 Å². The van der Waals surface area contributed by atoms with Gasteiger partial charge in [-0.1, -0.05) is 18.2 Å². The monoisotopic (exact) mass is 258 g/mol. The van der Waals surface area contributed by atoms with Crippen LogP contribution in [0.3, 0.4) is 0 Å². The van der Waals surface area contributed by atoms with Crippen molar-refractivity contribution in [2.24, 2.45) is 5.73 Å². The molecule has 2 rings (SSSR count). The van der Waals surface area contributed by atoms with E-state index in [0.717, 1.165) is 23.5 Å². The molecule has 0 bridgehead atoms. The number of benzene rings is 2. The number of nitrogens with two attached hydrogens (primary N) is 1. The van der Waals surface area contributed by atoms with E-state index in [2.05, 4.69) is 11.8 Å². The van der Waals surface area contributed by atoms with Gasteiger partial charge in [0.1, 0.15) is 5.82 Å². The van der Waals surface area contributed by atoms with E-state index in [4.69, 9.17) is 5.73 Å². The van der Waals surface area contributed by atoms with Crippen LogP contribution in [0, 0.1) is 5.82 Å².